The van der Waals surface area contributed by atoms with E-state index >= 15 is 0 Å². The Bertz CT molecular complexity index is 1610. The summed E-state index contributed by atoms with van der Waals surface area (Å²) in [6, 6.07) is 6.22. The van der Waals surface area contributed by atoms with Gasteiger partial charge in [-0.1, -0.05) is 26.0 Å². The summed E-state index contributed by atoms with van der Waals surface area (Å²) in [6.07, 6.45) is 1.27. The fraction of sp³-hybridized carbons (Fsp3) is 0.667. The van der Waals surface area contributed by atoms with Gasteiger partial charge in [-0.2, -0.15) is 0 Å². The van der Waals surface area contributed by atoms with Crippen molar-refractivity contribution in [1.82, 2.24) is 36.1 Å². The second-order valence-corrected chi connectivity index (χ2v) is 16.0. The van der Waals surface area contributed by atoms with Crippen LogP contribution < -0.4 is 26.2 Å². The van der Waals surface area contributed by atoms with E-state index in [-0.39, 0.29) is 104 Å². The molecule has 24 heteroatoms. The Balaban J connectivity index is 1.77. The molecule has 2 bridgehead atoms. The molecule has 66 heavy (non-hydrogen) atoms. The molecule has 9 N–H and O–H groups in total. The van der Waals surface area contributed by atoms with Gasteiger partial charge in [0, 0.05) is 51.6 Å². The van der Waals surface area contributed by atoms with Gasteiger partial charge in [0.2, 0.25) is 23.6 Å². The lowest BCUT2D eigenvalue weighted by Gasteiger charge is -2.29. The molecule has 372 valence electrons. The number of carbonyl (C=O) groups is 8. The van der Waals surface area contributed by atoms with Crippen molar-refractivity contribution in [2.75, 3.05) is 118 Å². The zero-order valence-electron chi connectivity index (χ0n) is 37.7. The largest absolute Gasteiger partial charge is 0.494 e. The number of rotatable bonds is 32. The van der Waals surface area contributed by atoms with Crippen LogP contribution in [0.2, 0.25) is 0 Å². The topological polar surface area (TPSA) is 332 Å². The third-order valence-electron chi connectivity index (χ3n) is 10.0. The van der Waals surface area contributed by atoms with Crippen molar-refractivity contribution in [1.29, 1.82) is 0 Å². The van der Waals surface area contributed by atoms with Crippen LogP contribution in [-0.4, -0.2) is 212 Å². The first-order chi connectivity index (χ1) is 31.5. The number of hydrogen-bond acceptors (Lipinski definition) is 16. The Hall–Kier alpha value is -5.50. The zero-order chi connectivity index (χ0) is 48.9. The smallest absolute Gasteiger partial charge is 0.317 e. The molecule has 2 heterocycles. The van der Waals surface area contributed by atoms with E-state index in [0.29, 0.717) is 25.2 Å². The van der Waals surface area contributed by atoms with Gasteiger partial charge in [-0.25, -0.2) is 5.48 Å². The third-order valence-corrected chi connectivity index (χ3v) is 10.0. The molecular formula is C42H67N7O17. The van der Waals surface area contributed by atoms with Crippen molar-refractivity contribution in [3.8, 4) is 5.75 Å². The number of fused-ring (bicyclic) bond motifs is 11. The lowest BCUT2D eigenvalue weighted by atomic mass is 9.81. The second-order valence-electron chi connectivity index (χ2n) is 16.0. The van der Waals surface area contributed by atoms with E-state index in [4.69, 9.17) is 39.4 Å². The number of ether oxygens (including phenoxy) is 4. The van der Waals surface area contributed by atoms with Crippen molar-refractivity contribution in [2.45, 2.75) is 45.6 Å². The molecule has 0 fully saturated rings. The van der Waals surface area contributed by atoms with Crippen LogP contribution in [0.1, 0.15) is 38.7 Å². The average molecular weight is 942 g/mol. The van der Waals surface area contributed by atoms with E-state index in [0.717, 1.165) is 15.4 Å². The predicted molar refractivity (Wildman–Crippen MR) is 232 cm³/mol. The van der Waals surface area contributed by atoms with E-state index < -0.39 is 91.6 Å². The highest BCUT2D eigenvalue weighted by molar-refractivity contribution is 5.91. The highest BCUT2D eigenvalue weighted by atomic mass is 16.5. The first kappa shape index (κ1) is 56.6. The standard InChI is InChI=1S/C42H67N7O17/c1-29(2)22-33-32(41(60)46-62)4-3-15-66-31-7-5-30(6-8-31)23-34(45-40(33)59)42(61)44-10-17-64-19-21-65-20-18-63-16-9-43-35(50)24-47(11-13-48(25-36(51)52)26-37(53)54)12-14-49(27-38(55)56)28-39(57)58/h5-8,29,32-34,62H,3-4,9-28H2,1-2H3,(H,43,50)(H,44,61)(H,45,59)(H,46,60)(H,51,52)(H,53,54)(H,55,56)(H,57,58)/t32-,33+,34-/m0/s1. The first-order valence-corrected chi connectivity index (χ1v) is 21.7. The van der Waals surface area contributed by atoms with Crippen LogP contribution in [0.3, 0.4) is 0 Å². The molecule has 0 radical (unpaired) electrons. The molecule has 4 amide bonds. The molecule has 3 atom stereocenters. The fourth-order valence-electron chi connectivity index (χ4n) is 6.96. The van der Waals surface area contributed by atoms with Crippen LogP contribution in [-0.2, 0) is 59.0 Å². The van der Waals surface area contributed by atoms with Crippen LogP contribution in [0.15, 0.2) is 24.3 Å². The number of aliphatic carboxylic acids is 4. The van der Waals surface area contributed by atoms with Crippen molar-refractivity contribution in [3.63, 3.8) is 0 Å². The Labute approximate surface area is 383 Å². The Morgan fingerprint density at radius 1 is 0.697 bits per heavy atom. The summed E-state index contributed by atoms with van der Waals surface area (Å²) < 4.78 is 22.4. The van der Waals surface area contributed by atoms with Crippen molar-refractivity contribution >= 4 is 47.5 Å². The summed E-state index contributed by atoms with van der Waals surface area (Å²) in [6.45, 7) is 2.94. The van der Waals surface area contributed by atoms with Gasteiger partial charge in [-0.3, -0.25) is 58.3 Å². The van der Waals surface area contributed by atoms with Gasteiger partial charge in [0.25, 0.3) is 0 Å². The number of carbonyl (C=O) groups excluding carboxylic acids is 4. The maximum Gasteiger partial charge on any atom is 0.317 e. The summed E-state index contributed by atoms with van der Waals surface area (Å²) in [5.74, 6) is -8.03. The van der Waals surface area contributed by atoms with Gasteiger partial charge in [-0.05, 0) is 42.9 Å². The number of carboxylic acid groups (broad SMARTS) is 4. The summed E-state index contributed by atoms with van der Waals surface area (Å²) in [4.78, 5) is 101. The van der Waals surface area contributed by atoms with Crippen LogP contribution in [0, 0.1) is 17.8 Å². The lowest BCUT2D eigenvalue weighted by molar-refractivity contribution is -0.143. The predicted octanol–water partition coefficient (Wildman–Crippen LogP) is -1.80. The number of carboxylic acids is 4. The molecule has 2 aliphatic rings. The van der Waals surface area contributed by atoms with Crippen LogP contribution in [0.25, 0.3) is 0 Å². The first-order valence-electron chi connectivity index (χ1n) is 21.7. The highest BCUT2D eigenvalue weighted by Gasteiger charge is 2.36. The lowest BCUT2D eigenvalue weighted by Crippen LogP contribution is -2.52. The second kappa shape index (κ2) is 32.2. The maximum atomic E-state index is 13.7. The molecule has 0 spiro atoms. The highest BCUT2D eigenvalue weighted by Crippen LogP contribution is 2.27. The normalized spacial score (nSPS) is 16.7. The minimum atomic E-state index is -1.25. The monoisotopic (exact) mass is 941 g/mol. The Morgan fingerprint density at radius 3 is 1.67 bits per heavy atom. The Kier molecular flexibility index (Phi) is 27.6. The average Bonchev–Trinajstić information content (AvgIpc) is 3.24. The van der Waals surface area contributed by atoms with E-state index in [1.807, 2.05) is 26.0 Å². The van der Waals surface area contributed by atoms with Gasteiger partial charge in [0.15, 0.2) is 0 Å². The van der Waals surface area contributed by atoms with Crippen molar-refractivity contribution < 1.29 is 82.9 Å². The van der Waals surface area contributed by atoms with Crippen LogP contribution >= 0.6 is 0 Å². The molecule has 0 aromatic heterocycles. The Morgan fingerprint density at radius 2 is 1.18 bits per heavy atom. The fourth-order valence-corrected chi connectivity index (χ4v) is 6.96. The SMILES string of the molecule is CC(C)C[C@H]1C(=O)N[C@H](C(=O)NCCOCCOCCOCCNC(=O)CN(CCN(CC(=O)O)CC(=O)O)CCN(CC(=O)O)CC(=O)O)Cc2ccc(cc2)OCCC[C@@H]1C(=O)NO. The molecule has 3 rings (SSSR count). The van der Waals surface area contributed by atoms with Gasteiger partial charge < -0.3 is 55.3 Å². The number of hydroxylamine groups is 1. The molecule has 1 aromatic rings. The van der Waals surface area contributed by atoms with E-state index in [1.54, 1.807) is 17.6 Å². The maximum absolute atomic E-state index is 13.7. The number of nitrogens with zero attached hydrogens (tertiary/aromatic N) is 3. The third kappa shape index (κ3) is 25.3. The summed E-state index contributed by atoms with van der Waals surface area (Å²) in [5, 5.41) is 54.4. The van der Waals surface area contributed by atoms with E-state index in [1.165, 1.54) is 4.90 Å². The zero-order valence-corrected chi connectivity index (χ0v) is 37.7. The number of nitrogens with one attached hydrogen (secondary N) is 4. The molecule has 2 aliphatic heterocycles. The molecule has 0 saturated heterocycles. The minimum Gasteiger partial charge on any atom is -0.494 e. The van der Waals surface area contributed by atoms with E-state index in [9.17, 15) is 43.6 Å². The molecule has 24 nitrogen and oxygen atoms in total. The van der Waals surface area contributed by atoms with Gasteiger partial charge in [-0.15, -0.1) is 0 Å². The van der Waals surface area contributed by atoms with Crippen LogP contribution in [0.5, 0.6) is 5.75 Å². The van der Waals surface area contributed by atoms with Crippen LogP contribution in [0.4, 0.5) is 0 Å². The molecule has 0 aliphatic carbocycles. The number of amides is 4. The quantitative estimate of drug-likeness (QED) is 0.0219. The van der Waals surface area contributed by atoms with Gasteiger partial charge in [0.1, 0.15) is 11.8 Å². The van der Waals surface area contributed by atoms with Crippen molar-refractivity contribution in [3.05, 3.63) is 29.8 Å². The van der Waals surface area contributed by atoms with E-state index in [2.05, 4.69) is 16.0 Å². The van der Waals surface area contributed by atoms with Crippen molar-refractivity contribution in [2.24, 2.45) is 17.8 Å². The molecule has 0 saturated carbocycles. The molecule has 0 unspecified atom stereocenters. The number of benzene rings is 1. The molecular weight excluding hydrogens is 874 g/mol. The minimum absolute atomic E-state index is 0.0240. The summed E-state index contributed by atoms with van der Waals surface area (Å²) in [7, 11) is 0. The summed E-state index contributed by atoms with van der Waals surface area (Å²) in [5.41, 5.74) is 2.47. The molecule has 1 aromatic carbocycles. The summed E-state index contributed by atoms with van der Waals surface area (Å²) >= 11 is 0. The van der Waals surface area contributed by atoms with Gasteiger partial charge in [0.05, 0.1) is 84.9 Å². The van der Waals surface area contributed by atoms with Gasteiger partial charge >= 0.3 is 23.9 Å². The number of hydrogen-bond donors (Lipinski definition) is 9.